The number of carbonyl (C=O) groups excluding carboxylic acids is 2. The number of fused-ring (bicyclic) bond motifs is 1. The van der Waals surface area contributed by atoms with Crippen molar-refractivity contribution >= 4 is 11.8 Å². The van der Waals surface area contributed by atoms with E-state index in [-0.39, 0.29) is 42.5 Å². The lowest BCUT2D eigenvalue weighted by molar-refractivity contribution is -0.142. The molecule has 1 unspecified atom stereocenters. The minimum atomic E-state index is -0.545. The molecule has 1 aromatic rings. The summed E-state index contributed by atoms with van der Waals surface area (Å²) in [6.07, 6.45) is 1.66. The Hall–Kier alpha value is -2.12. The number of aliphatic hydroxyl groups is 1. The van der Waals surface area contributed by atoms with Gasteiger partial charge in [-0.05, 0) is 42.4 Å². The number of piperidine rings is 1. The molecule has 7 nitrogen and oxygen atoms in total. The molecule has 1 aliphatic carbocycles. The van der Waals surface area contributed by atoms with Crippen LogP contribution in [0.15, 0.2) is 24.3 Å². The lowest BCUT2D eigenvalue weighted by Gasteiger charge is -2.34. The molecular weight excluding hydrogens is 382 g/mol. The number of hydrogen-bond donors (Lipinski definition) is 3. The van der Waals surface area contributed by atoms with E-state index in [0.29, 0.717) is 18.1 Å². The number of likely N-dealkylation sites (tertiary alicyclic amines) is 1. The molecule has 1 saturated heterocycles. The number of carbonyl (C=O) groups is 2. The number of benzene rings is 1. The van der Waals surface area contributed by atoms with Crippen LogP contribution in [0.5, 0.6) is 5.75 Å². The smallest absolute Gasteiger partial charge is 0.243 e. The standard InChI is InChI=1S/C23H35N3O4/c1-13(2)21(24-14(3)4)23(29)26-19-10-16(19)11-20(26)22(28)25-18(12-27)15-7-6-8-17(9-15)30-5/h6-9,13-14,16,18-21,24,27H,10-12H2,1-5H3,(H,25,28)/t16-,18-,19-,20-,21?/m1/s1. The van der Waals surface area contributed by atoms with Crippen molar-refractivity contribution in [2.75, 3.05) is 13.7 Å². The average Bonchev–Trinajstić information content (AvgIpc) is 3.38. The Morgan fingerprint density at radius 3 is 2.57 bits per heavy atom. The highest BCUT2D eigenvalue weighted by Gasteiger charge is 2.57. The van der Waals surface area contributed by atoms with Gasteiger partial charge in [0.05, 0.1) is 25.8 Å². The molecule has 3 rings (SSSR count). The van der Waals surface area contributed by atoms with Crippen LogP contribution in [0.4, 0.5) is 0 Å². The molecule has 0 bridgehead atoms. The Kier molecular flexibility index (Phi) is 7.03. The number of amides is 2. The van der Waals surface area contributed by atoms with Crippen LogP contribution in [0.25, 0.3) is 0 Å². The van der Waals surface area contributed by atoms with Crippen molar-refractivity contribution in [2.24, 2.45) is 11.8 Å². The maximum Gasteiger partial charge on any atom is 0.243 e. The summed E-state index contributed by atoms with van der Waals surface area (Å²) < 4.78 is 5.25. The van der Waals surface area contributed by atoms with E-state index in [1.807, 2.05) is 45.9 Å². The van der Waals surface area contributed by atoms with E-state index < -0.39 is 12.1 Å². The van der Waals surface area contributed by atoms with E-state index in [4.69, 9.17) is 4.74 Å². The van der Waals surface area contributed by atoms with Crippen LogP contribution >= 0.6 is 0 Å². The Labute approximate surface area is 179 Å². The SMILES string of the molecule is COc1cccc([C@@H](CO)NC(=O)[C@H]2C[C@H]3C[C@H]3N2C(=O)C(NC(C)C)C(C)C)c1. The fourth-order valence-corrected chi connectivity index (χ4v) is 4.44. The highest BCUT2D eigenvalue weighted by Crippen LogP contribution is 2.48. The summed E-state index contributed by atoms with van der Waals surface area (Å²) in [5.74, 6) is 0.998. The molecule has 0 aromatic heterocycles. The van der Waals surface area contributed by atoms with Gasteiger partial charge in [0.25, 0.3) is 0 Å². The quantitative estimate of drug-likeness (QED) is 0.571. The third kappa shape index (κ3) is 4.78. The highest BCUT2D eigenvalue weighted by molar-refractivity contribution is 5.91. The van der Waals surface area contributed by atoms with Crippen molar-refractivity contribution in [3.8, 4) is 5.75 Å². The molecule has 30 heavy (non-hydrogen) atoms. The molecular formula is C23H35N3O4. The molecule has 5 atom stereocenters. The van der Waals surface area contributed by atoms with Gasteiger partial charge >= 0.3 is 0 Å². The van der Waals surface area contributed by atoms with Crippen molar-refractivity contribution in [2.45, 2.75) is 70.7 Å². The predicted molar refractivity (Wildman–Crippen MR) is 115 cm³/mol. The van der Waals surface area contributed by atoms with Crippen LogP contribution in [0.3, 0.4) is 0 Å². The third-order valence-electron chi connectivity index (χ3n) is 6.10. The van der Waals surface area contributed by atoms with E-state index in [0.717, 1.165) is 12.0 Å². The predicted octanol–water partition coefficient (Wildman–Crippen LogP) is 1.86. The molecule has 1 saturated carbocycles. The summed E-state index contributed by atoms with van der Waals surface area (Å²) in [6, 6.07) is 6.29. The van der Waals surface area contributed by atoms with Gasteiger partial charge in [-0.2, -0.15) is 0 Å². The van der Waals surface area contributed by atoms with E-state index in [1.54, 1.807) is 18.1 Å². The van der Waals surface area contributed by atoms with Crippen molar-refractivity contribution in [3.63, 3.8) is 0 Å². The summed E-state index contributed by atoms with van der Waals surface area (Å²) >= 11 is 0. The highest BCUT2D eigenvalue weighted by atomic mass is 16.5. The molecule has 3 N–H and O–H groups in total. The summed E-state index contributed by atoms with van der Waals surface area (Å²) in [4.78, 5) is 28.4. The normalized spacial score (nSPS) is 24.5. The molecule has 1 aromatic carbocycles. The van der Waals surface area contributed by atoms with Gasteiger partial charge in [-0.25, -0.2) is 0 Å². The fraction of sp³-hybridized carbons (Fsp3) is 0.652. The zero-order valence-corrected chi connectivity index (χ0v) is 18.6. The molecule has 7 heteroatoms. The van der Waals surface area contributed by atoms with Crippen LogP contribution < -0.4 is 15.4 Å². The van der Waals surface area contributed by atoms with Gasteiger partial charge in [-0.1, -0.05) is 39.8 Å². The van der Waals surface area contributed by atoms with Gasteiger partial charge in [0, 0.05) is 12.1 Å². The maximum absolute atomic E-state index is 13.4. The summed E-state index contributed by atoms with van der Waals surface area (Å²) in [5, 5.41) is 16.2. The largest absolute Gasteiger partial charge is 0.497 e. The van der Waals surface area contributed by atoms with Gasteiger partial charge < -0.3 is 25.4 Å². The number of hydrogen-bond acceptors (Lipinski definition) is 5. The van der Waals surface area contributed by atoms with E-state index in [1.165, 1.54) is 0 Å². The monoisotopic (exact) mass is 417 g/mol. The Morgan fingerprint density at radius 2 is 1.97 bits per heavy atom. The van der Waals surface area contributed by atoms with Gasteiger partial charge in [0.2, 0.25) is 11.8 Å². The second-order valence-electron chi connectivity index (χ2n) is 9.12. The fourth-order valence-electron chi connectivity index (χ4n) is 4.44. The number of rotatable bonds is 9. The third-order valence-corrected chi connectivity index (χ3v) is 6.10. The average molecular weight is 418 g/mol. The lowest BCUT2D eigenvalue weighted by Crippen LogP contribution is -2.56. The number of aliphatic hydroxyl groups excluding tert-OH is 1. The Bertz CT molecular complexity index is 767. The van der Waals surface area contributed by atoms with Crippen molar-refractivity contribution < 1.29 is 19.4 Å². The van der Waals surface area contributed by atoms with E-state index >= 15 is 0 Å². The first-order chi connectivity index (χ1) is 14.3. The van der Waals surface area contributed by atoms with Crippen LogP contribution in [-0.4, -0.2) is 59.7 Å². The van der Waals surface area contributed by atoms with Crippen molar-refractivity contribution in [3.05, 3.63) is 29.8 Å². The Balaban J connectivity index is 1.74. The first-order valence-corrected chi connectivity index (χ1v) is 10.9. The van der Waals surface area contributed by atoms with Crippen molar-refractivity contribution in [1.82, 2.24) is 15.5 Å². The molecule has 1 heterocycles. The second-order valence-corrected chi connectivity index (χ2v) is 9.12. The molecule has 0 spiro atoms. The van der Waals surface area contributed by atoms with Gasteiger partial charge in [-0.3, -0.25) is 9.59 Å². The number of methoxy groups -OCH3 is 1. The zero-order chi connectivity index (χ0) is 22.0. The van der Waals surface area contributed by atoms with E-state index in [9.17, 15) is 14.7 Å². The van der Waals surface area contributed by atoms with Gasteiger partial charge in [-0.15, -0.1) is 0 Å². The van der Waals surface area contributed by atoms with Crippen LogP contribution in [0, 0.1) is 11.8 Å². The van der Waals surface area contributed by atoms with Crippen LogP contribution in [-0.2, 0) is 9.59 Å². The molecule has 2 aliphatic rings. The maximum atomic E-state index is 13.4. The lowest BCUT2D eigenvalue weighted by atomic mass is 10.0. The first-order valence-electron chi connectivity index (χ1n) is 10.9. The number of ether oxygens (including phenoxy) is 1. The minimum absolute atomic E-state index is 0.00535. The van der Waals surface area contributed by atoms with Gasteiger partial charge in [0.1, 0.15) is 11.8 Å². The minimum Gasteiger partial charge on any atom is -0.497 e. The molecule has 166 valence electrons. The van der Waals surface area contributed by atoms with Crippen molar-refractivity contribution in [1.29, 1.82) is 0 Å². The summed E-state index contributed by atoms with van der Waals surface area (Å²) in [7, 11) is 1.58. The Morgan fingerprint density at radius 1 is 1.23 bits per heavy atom. The van der Waals surface area contributed by atoms with Crippen LogP contribution in [0.1, 0.15) is 52.1 Å². The van der Waals surface area contributed by atoms with Crippen LogP contribution in [0.2, 0.25) is 0 Å². The first kappa shape index (κ1) is 22.6. The topological polar surface area (TPSA) is 90.9 Å². The second kappa shape index (κ2) is 9.35. The summed E-state index contributed by atoms with van der Waals surface area (Å²) in [5.41, 5.74) is 0.771. The summed E-state index contributed by atoms with van der Waals surface area (Å²) in [6.45, 7) is 7.87. The molecule has 0 radical (unpaired) electrons. The number of nitrogens with one attached hydrogen (secondary N) is 2. The molecule has 2 fully saturated rings. The van der Waals surface area contributed by atoms with Gasteiger partial charge in [0.15, 0.2) is 0 Å². The number of nitrogens with zero attached hydrogens (tertiary/aromatic N) is 1. The van der Waals surface area contributed by atoms with E-state index in [2.05, 4.69) is 10.6 Å². The zero-order valence-electron chi connectivity index (χ0n) is 18.6. The molecule has 2 amide bonds. The molecule has 1 aliphatic heterocycles.